The summed E-state index contributed by atoms with van der Waals surface area (Å²) < 4.78 is 5.85. The van der Waals surface area contributed by atoms with Crippen molar-refractivity contribution in [2.75, 3.05) is 13.7 Å². The van der Waals surface area contributed by atoms with Crippen molar-refractivity contribution in [2.24, 2.45) is 0 Å². The lowest BCUT2D eigenvalue weighted by molar-refractivity contribution is -0.384. The molecule has 0 aliphatic carbocycles. The van der Waals surface area contributed by atoms with E-state index < -0.39 is 10.5 Å². The molecule has 0 saturated carbocycles. The third-order valence-electron chi connectivity index (χ3n) is 2.63. The topological polar surface area (TPSA) is 81.5 Å². The van der Waals surface area contributed by atoms with Crippen LogP contribution in [-0.4, -0.2) is 30.1 Å². The molecular weight excluding hydrogens is 363 g/mol. The number of nitrogens with zero attached hydrogens (tertiary/aromatic N) is 1. The van der Waals surface area contributed by atoms with E-state index in [-0.39, 0.29) is 11.6 Å². The van der Waals surface area contributed by atoms with Gasteiger partial charge in [0.05, 0.1) is 16.1 Å². The summed E-state index contributed by atoms with van der Waals surface area (Å²) in [5.74, 6) is -0.349. The van der Waals surface area contributed by atoms with Crippen LogP contribution in [-0.2, 0) is 4.74 Å². The third kappa shape index (κ3) is 4.43. The van der Waals surface area contributed by atoms with E-state index >= 15 is 0 Å². The van der Waals surface area contributed by atoms with E-state index in [1.807, 2.05) is 36.4 Å². The summed E-state index contributed by atoms with van der Waals surface area (Å²) >= 11 is 1.97. The van der Waals surface area contributed by atoms with Crippen LogP contribution in [0.5, 0.6) is 0 Å². The van der Waals surface area contributed by atoms with Gasteiger partial charge in [-0.25, -0.2) is 0 Å². The molecule has 0 spiro atoms. The van der Waals surface area contributed by atoms with Gasteiger partial charge >= 0.3 is 0 Å². The van der Waals surface area contributed by atoms with Crippen LogP contribution in [0.25, 0.3) is 0 Å². The summed E-state index contributed by atoms with van der Waals surface area (Å²) in [6, 6.07) is 4.20. The van der Waals surface area contributed by atoms with Crippen molar-refractivity contribution in [3.8, 4) is 0 Å². The monoisotopic (exact) mass is 378 g/mol. The summed E-state index contributed by atoms with van der Waals surface area (Å²) in [6.45, 7) is 4.00. The van der Waals surface area contributed by atoms with Gasteiger partial charge in [0.2, 0.25) is 0 Å². The van der Waals surface area contributed by atoms with Gasteiger partial charge in [0, 0.05) is 29.4 Å². The Hall–Kier alpha value is -1.22. The maximum Gasteiger partial charge on any atom is 0.270 e. The van der Waals surface area contributed by atoms with E-state index in [1.165, 1.54) is 12.1 Å². The number of hydrogen-bond acceptors (Lipinski definition) is 4. The quantitative estimate of drug-likeness (QED) is 0.485. The lowest BCUT2D eigenvalue weighted by Crippen LogP contribution is -2.39. The fraction of sp³-hybridized carbons (Fsp3) is 0.417. The number of nitro benzene ring substituents is 1. The molecule has 0 heterocycles. The lowest BCUT2D eigenvalue weighted by atomic mass is 10.1. The second kappa shape index (κ2) is 6.29. The Morgan fingerprint density at radius 1 is 1.53 bits per heavy atom. The maximum atomic E-state index is 12.0. The van der Waals surface area contributed by atoms with Crippen molar-refractivity contribution >= 4 is 34.2 Å². The molecule has 0 saturated heterocycles. The van der Waals surface area contributed by atoms with Gasteiger partial charge in [-0.3, -0.25) is 14.9 Å². The molecule has 7 heteroatoms. The fourth-order valence-electron chi connectivity index (χ4n) is 1.26. The minimum Gasteiger partial charge on any atom is -0.377 e. The Bertz CT molecular complexity index is 503. The van der Waals surface area contributed by atoms with Crippen molar-refractivity contribution in [1.29, 1.82) is 0 Å². The Balaban J connectivity index is 2.88. The fourth-order valence-corrected chi connectivity index (χ4v) is 1.84. The number of nitrogens with one attached hydrogen (secondary N) is 1. The molecule has 104 valence electrons. The number of carbonyl (C=O) groups excluding carboxylic acids is 1. The minimum atomic E-state index is -0.522. The second-order valence-electron chi connectivity index (χ2n) is 4.57. The largest absolute Gasteiger partial charge is 0.377 e. The van der Waals surface area contributed by atoms with Crippen LogP contribution in [0.4, 0.5) is 5.69 Å². The normalized spacial score (nSPS) is 11.2. The van der Waals surface area contributed by atoms with Crippen molar-refractivity contribution in [3.05, 3.63) is 37.4 Å². The van der Waals surface area contributed by atoms with E-state index in [4.69, 9.17) is 4.74 Å². The van der Waals surface area contributed by atoms with Gasteiger partial charge in [-0.2, -0.15) is 0 Å². The molecule has 1 N–H and O–H groups in total. The molecule has 0 aliphatic heterocycles. The first-order valence-electron chi connectivity index (χ1n) is 5.54. The van der Waals surface area contributed by atoms with Gasteiger partial charge in [-0.05, 0) is 42.5 Å². The molecule has 0 unspecified atom stereocenters. The third-order valence-corrected chi connectivity index (χ3v) is 3.57. The van der Waals surface area contributed by atoms with Gasteiger partial charge in [-0.15, -0.1) is 0 Å². The van der Waals surface area contributed by atoms with Crippen molar-refractivity contribution in [3.63, 3.8) is 0 Å². The highest BCUT2D eigenvalue weighted by Crippen LogP contribution is 2.19. The molecule has 19 heavy (non-hydrogen) atoms. The van der Waals surface area contributed by atoms with E-state index in [0.717, 1.165) is 0 Å². The molecule has 1 aromatic rings. The van der Waals surface area contributed by atoms with E-state index in [0.29, 0.717) is 15.7 Å². The molecule has 0 aromatic heterocycles. The van der Waals surface area contributed by atoms with Crippen LogP contribution in [0.2, 0.25) is 0 Å². The predicted molar refractivity (Wildman–Crippen MR) is 79.2 cm³/mol. The molecule has 1 aromatic carbocycles. The highest BCUT2D eigenvalue weighted by molar-refractivity contribution is 14.1. The molecule has 0 atom stereocenters. The number of amides is 1. The minimum absolute atomic E-state index is 0.100. The molecule has 1 rings (SSSR count). The number of halogens is 1. The zero-order valence-corrected chi connectivity index (χ0v) is 13.1. The van der Waals surface area contributed by atoms with Gasteiger partial charge in [0.1, 0.15) is 0 Å². The average molecular weight is 378 g/mol. The highest BCUT2D eigenvalue weighted by atomic mass is 127. The van der Waals surface area contributed by atoms with Crippen LogP contribution in [0.3, 0.4) is 0 Å². The molecular formula is C12H15IN2O4. The summed E-state index contributed by atoms with van der Waals surface area (Å²) in [7, 11) is 1.56. The number of benzene rings is 1. The molecule has 0 bridgehead atoms. The van der Waals surface area contributed by atoms with Gasteiger partial charge < -0.3 is 10.1 Å². The number of carbonyl (C=O) groups is 1. The summed E-state index contributed by atoms with van der Waals surface area (Å²) in [6.07, 6.45) is 0. The van der Waals surface area contributed by atoms with E-state index in [1.54, 1.807) is 13.2 Å². The van der Waals surface area contributed by atoms with Crippen LogP contribution in [0, 0.1) is 13.7 Å². The zero-order chi connectivity index (χ0) is 14.6. The Labute approximate surface area is 124 Å². The summed E-state index contributed by atoms with van der Waals surface area (Å²) in [5, 5.41) is 13.4. The Morgan fingerprint density at radius 3 is 2.68 bits per heavy atom. The van der Waals surface area contributed by atoms with Crippen molar-refractivity contribution in [1.82, 2.24) is 5.32 Å². The smallest absolute Gasteiger partial charge is 0.270 e. The summed E-state index contributed by atoms with van der Waals surface area (Å²) in [4.78, 5) is 22.2. The van der Waals surface area contributed by atoms with Crippen LogP contribution < -0.4 is 5.32 Å². The standard InChI is InChI=1S/C12H15IN2O4/c1-12(2,19-3)7-14-11(16)9-6-8(15(17)18)4-5-10(9)13/h4-6H,7H2,1-3H3,(H,14,16). The number of hydrogen-bond donors (Lipinski definition) is 1. The maximum absolute atomic E-state index is 12.0. The predicted octanol–water partition coefficient (Wildman–Crippen LogP) is 2.35. The number of non-ortho nitro benzene ring substituents is 1. The van der Waals surface area contributed by atoms with Crippen LogP contribution in [0.1, 0.15) is 24.2 Å². The van der Waals surface area contributed by atoms with Crippen LogP contribution >= 0.6 is 22.6 Å². The van der Waals surface area contributed by atoms with E-state index in [9.17, 15) is 14.9 Å². The molecule has 0 fully saturated rings. The SMILES string of the molecule is COC(C)(C)CNC(=O)c1cc([N+](=O)[O-])ccc1I. The number of methoxy groups -OCH3 is 1. The van der Waals surface area contributed by atoms with Crippen molar-refractivity contribution in [2.45, 2.75) is 19.4 Å². The zero-order valence-electron chi connectivity index (χ0n) is 10.9. The van der Waals surface area contributed by atoms with Crippen LogP contribution in [0.15, 0.2) is 18.2 Å². The Morgan fingerprint density at radius 2 is 2.16 bits per heavy atom. The highest BCUT2D eigenvalue weighted by Gasteiger charge is 2.20. The second-order valence-corrected chi connectivity index (χ2v) is 5.73. The number of ether oxygens (including phenoxy) is 1. The lowest BCUT2D eigenvalue weighted by Gasteiger charge is -2.23. The molecule has 6 nitrogen and oxygen atoms in total. The Kier molecular flexibility index (Phi) is 5.24. The van der Waals surface area contributed by atoms with Gasteiger partial charge in [0.15, 0.2) is 0 Å². The van der Waals surface area contributed by atoms with Gasteiger partial charge in [0.25, 0.3) is 11.6 Å². The number of rotatable bonds is 5. The average Bonchev–Trinajstić information content (AvgIpc) is 2.36. The molecule has 0 aliphatic rings. The number of nitro groups is 1. The molecule has 0 radical (unpaired) electrons. The first kappa shape index (κ1) is 15.8. The molecule has 1 amide bonds. The first-order chi connectivity index (χ1) is 8.76. The van der Waals surface area contributed by atoms with Crippen molar-refractivity contribution < 1.29 is 14.5 Å². The first-order valence-corrected chi connectivity index (χ1v) is 6.62. The van der Waals surface area contributed by atoms with E-state index in [2.05, 4.69) is 5.32 Å². The van der Waals surface area contributed by atoms with Gasteiger partial charge in [-0.1, -0.05) is 0 Å². The summed E-state index contributed by atoms with van der Waals surface area (Å²) in [5.41, 5.74) is -0.291.